The molecule has 0 spiro atoms. The minimum Gasteiger partial charge on any atom is -0.488 e. The highest BCUT2D eigenvalue weighted by Gasteiger charge is 2.34. The first kappa shape index (κ1) is 20.4. The monoisotopic (exact) mass is 494 g/mol. The first-order chi connectivity index (χ1) is 12.6. The summed E-state index contributed by atoms with van der Waals surface area (Å²) in [5.41, 5.74) is 1.60. The summed E-state index contributed by atoms with van der Waals surface area (Å²) in [6.07, 6.45) is 2.67. The summed E-state index contributed by atoms with van der Waals surface area (Å²) in [5.74, 6) is 1.99. The summed E-state index contributed by atoms with van der Waals surface area (Å²) < 4.78 is 13.6. The smallest absolute Gasteiger partial charge is 0.180 e. The Balaban J connectivity index is 0.000000156. The van der Waals surface area contributed by atoms with Crippen LogP contribution in [0.15, 0.2) is 45.3 Å². The van der Waals surface area contributed by atoms with Crippen molar-refractivity contribution >= 4 is 37.6 Å². The SMILES string of the molecule is CC1(C)CCc2cc(Br)ccc2O1.CC1(C)Oc2ccc(Br)cc2CC1=O. The van der Waals surface area contributed by atoms with E-state index in [9.17, 15) is 4.79 Å². The van der Waals surface area contributed by atoms with Crippen molar-refractivity contribution in [1.29, 1.82) is 0 Å². The summed E-state index contributed by atoms with van der Waals surface area (Å²) in [6.45, 7) is 7.89. The van der Waals surface area contributed by atoms with Crippen LogP contribution in [0.2, 0.25) is 0 Å². The van der Waals surface area contributed by atoms with Crippen molar-refractivity contribution in [2.24, 2.45) is 0 Å². The van der Waals surface area contributed by atoms with E-state index < -0.39 is 5.60 Å². The maximum absolute atomic E-state index is 11.6. The number of halogens is 2. The highest BCUT2D eigenvalue weighted by molar-refractivity contribution is 9.10. The second-order valence-electron chi connectivity index (χ2n) is 8.08. The van der Waals surface area contributed by atoms with Crippen LogP contribution >= 0.6 is 31.9 Å². The van der Waals surface area contributed by atoms with Crippen molar-refractivity contribution in [1.82, 2.24) is 0 Å². The highest BCUT2D eigenvalue weighted by Crippen LogP contribution is 2.34. The average molecular weight is 496 g/mol. The predicted molar refractivity (Wildman–Crippen MR) is 115 cm³/mol. The Morgan fingerprint density at radius 1 is 0.852 bits per heavy atom. The van der Waals surface area contributed by atoms with Gasteiger partial charge in [0.25, 0.3) is 0 Å². The van der Waals surface area contributed by atoms with E-state index in [1.54, 1.807) is 13.8 Å². The maximum atomic E-state index is 11.6. The molecule has 4 rings (SSSR count). The zero-order valence-corrected chi connectivity index (χ0v) is 19.2. The number of rotatable bonds is 0. The van der Waals surface area contributed by atoms with Gasteiger partial charge in [0.05, 0.1) is 0 Å². The molecule has 144 valence electrons. The van der Waals surface area contributed by atoms with Gasteiger partial charge in [-0.3, -0.25) is 4.79 Å². The second kappa shape index (κ2) is 7.59. The molecule has 0 fully saturated rings. The van der Waals surface area contributed by atoms with E-state index in [4.69, 9.17) is 9.47 Å². The van der Waals surface area contributed by atoms with Crippen molar-refractivity contribution in [3.8, 4) is 11.5 Å². The van der Waals surface area contributed by atoms with E-state index in [0.29, 0.717) is 6.42 Å². The van der Waals surface area contributed by atoms with Crippen molar-refractivity contribution in [2.45, 2.75) is 58.2 Å². The summed E-state index contributed by atoms with van der Waals surface area (Å²) in [7, 11) is 0. The Morgan fingerprint density at radius 3 is 2.04 bits per heavy atom. The van der Waals surface area contributed by atoms with E-state index in [1.807, 2.05) is 30.3 Å². The number of hydrogen-bond acceptors (Lipinski definition) is 3. The van der Waals surface area contributed by atoms with Crippen molar-refractivity contribution in [2.75, 3.05) is 0 Å². The molecule has 0 aliphatic carbocycles. The number of Topliss-reactive ketones (excluding diaryl/α,β-unsaturated/α-hetero) is 1. The number of carbonyl (C=O) groups is 1. The molecule has 5 heteroatoms. The molecule has 0 bridgehead atoms. The summed E-state index contributed by atoms with van der Waals surface area (Å²) in [4.78, 5) is 11.6. The first-order valence-electron chi connectivity index (χ1n) is 9.04. The predicted octanol–water partition coefficient (Wildman–Crippen LogP) is 6.28. The molecule has 0 aromatic heterocycles. The van der Waals surface area contributed by atoms with Gasteiger partial charge in [-0.15, -0.1) is 0 Å². The Morgan fingerprint density at radius 2 is 1.41 bits per heavy atom. The van der Waals surface area contributed by atoms with E-state index in [-0.39, 0.29) is 11.4 Å². The Labute approximate surface area is 177 Å². The molecular formula is C22H24Br2O3. The van der Waals surface area contributed by atoms with Crippen LogP contribution < -0.4 is 9.47 Å². The van der Waals surface area contributed by atoms with Crippen LogP contribution in [0.3, 0.4) is 0 Å². The molecular weight excluding hydrogens is 472 g/mol. The molecule has 2 aliphatic rings. The van der Waals surface area contributed by atoms with Gasteiger partial charge in [-0.1, -0.05) is 31.9 Å². The van der Waals surface area contributed by atoms with Gasteiger partial charge in [0.1, 0.15) is 17.1 Å². The second-order valence-corrected chi connectivity index (χ2v) is 9.91. The number of carbonyl (C=O) groups excluding carboxylic acids is 1. The van der Waals surface area contributed by atoms with Crippen molar-refractivity contribution in [3.63, 3.8) is 0 Å². The van der Waals surface area contributed by atoms with Gasteiger partial charge >= 0.3 is 0 Å². The van der Waals surface area contributed by atoms with Crippen LogP contribution in [0, 0.1) is 0 Å². The van der Waals surface area contributed by atoms with Crippen LogP contribution in [0.1, 0.15) is 45.2 Å². The number of benzene rings is 2. The highest BCUT2D eigenvalue weighted by atomic mass is 79.9. The van der Waals surface area contributed by atoms with Crippen LogP contribution in [0.25, 0.3) is 0 Å². The van der Waals surface area contributed by atoms with Crippen LogP contribution in [0.5, 0.6) is 11.5 Å². The molecule has 0 amide bonds. The van der Waals surface area contributed by atoms with Crippen LogP contribution in [-0.4, -0.2) is 17.0 Å². The molecule has 0 saturated carbocycles. The molecule has 2 aliphatic heterocycles. The van der Waals surface area contributed by atoms with Crippen LogP contribution in [-0.2, 0) is 17.6 Å². The average Bonchev–Trinajstić information content (AvgIpc) is 2.57. The molecule has 2 aromatic carbocycles. The third-order valence-electron chi connectivity index (χ3n) is 4.82. The molecule has 0 saturated heterocycles. The third kappa shape index (κ3) is 4.94. The van der Waals surface area contributed by atoms with Gasteiger partial charge in [-0.05, 0) is 82.5 Å². The fraction of sp³-hybridized carbons (Fsp3) is 0.409. The number of aryl methyl sites for hydroxylation is 1. The molecule has 2 heterocycles. The summed E-state index contributed by atoms with van der Waals surface area (Å²) in [6, 6.07) is 12.0. The quantitative estimate of drug-likeness (QED) is 0.431. The normalized spacial score (nSPS) is 18.8. The Kier molecular flexibility index (Phi) is 5.74. The lowest BCUT2D eigenvalue weighted by atomic mass is 9.93. The first-order valence-corrected chi connectivity index (χ1v) is 10.6. The zero-order chi connectivity index (χ0) is 19.8. The number of ketones is 1. The lowest BCUT2D eigenvalue weighted by Crippen LogP contribution is -2.42. The standard InChI is InChI=1S/C11H11BrO2.C11H13BrO/c1-11(2)10(13)6-7-5-8(12)3-4-9(7)14-11;1-11(2)6-5-8-7-9(12)3-4-10(8)13-11/h3-5H,6H2,1-2H3;3-4,7H,5-6H2,1-2H3. The molecule has 0 atom stereocenters. The number of fused-ring (bicyclic) bond motifs is 2. The molecule has 0 N–H and O–H groups in total. The molecule has 0 radical (unpaired) electrons. The summed E-state index contributed by atoms with van der Waals surface area (Å²) >= 11 is 6.84. The van der Waals surface area contributed by atoms with Crippen molar-refractivity contribution < 1.29 is 14.3 Å². The largest absolute Gasteiger partial charge is 0.488 e. The molecule has 3 nitrogen and oxygen atoms in total. The lowest BCUT2D eigenvalue weighted by molar-refractivity contribution is -0.132. The Hall–Kier alpha value is -1.33. The van der Waals surface area contributed by atoms with E-state index >= 15 is 0 Å². The van der Waals surface area contributed by atoms with Crippen LogP contribution in [0.4, 0.5) is 0 Å². The van der Waals surface area contributed by atoms with Crippen molar-refractivity contribution in [3.05, 3.63) is 56.5 Å². The van der Waals surface area contributed by atoms with Gasteiger partial charge in [0.2, 0.25) is 0 Å². The van der Waals surface area contributed by atoms with Gasteiger partial charge in [-0.2, -0.15) is 0 Å². The van der Waals surface area contributed by atoms with Gasteiger partial charge in [-0.25, -0.2) is 0 Å². The topological polar surface area (TPSA) is 35.5 Å². The Bertz CT molecular complexity index is 872. The zero-order valence-electron chi connectivity index (χ0n) is 16.1. The van der Waals surface area contributed by atoms with Gasteiger partial charge in [0.15, 0.2) is 11.4 Å². The minimum absolute atomic E-state index is 0.000823. The van der Waals surface area contributed by atoms with E-state index in [0.717, 1.165) is 38.8 Å². The van der Waals surface area contributed by atoms with E-state index in [1.165, 1.54) is 5.56 Å². The third-order valence-corrected chi connectivity index (χ3v) is 5.80. The summed E-state index contributed by atoms with van der Waals surface area (Å²) in [5, 5.41) is 0. The lowest BCUT2D eigenvalue weighted by Gasteiger charge is -2.32. The minimum atomic E-state index is -0.680. The van der Waals surface area contributed by atoms with Gasteiger partial charge in [0, 0.05) is 20.9 Å². The molecule has 2 aromatic rings. The molecule has 0 unspecified atom stereocenters. The van der Waals surface area contributed by atoms with Gasteiger partial charge < -0.3 is 9.47 Å². The maximum Gasteiger partial charge on any atom is 0.180 e. The number of hydrogen-bond donors (Lipinski definition) is 0. The van der Waals surface area contributed by atoms with E-state index in [2.05, 4.69) is 51.8 Å². The molecule has 27 heavy (non-hydrogen) atoms. The fourth-order valence-corrected chi connectivity index (χ4v) is 3.95. The fourth-order valence-electron chi connectivity index (χ4n) is 3.13. The number of ether oxygens (including phenoxy) is 2.